The molecule has 21 heavy (non-hydrogen) atoms. The Morgan fingerprint density at radius 3 is 2.52 bits per heavy atom. The Hall–Kier alpha value is -1.86. The van der Waals surface area contributed by atoms with Crippen molar-refractivity contribution < 1.29 is 4.79 Å². The lowest BCUT2D eigenvalue weighted by Crippen LogP contribution is -2.37. The standard InChI is InChI=1S/C14H19N5OS/c1-10-5-7-12(8-6-10)19-11(2)15-16-14(19)21-9-13(20)17-18(3)4/h5-8H,9H2,1-4H3,(H,17,20). The number of aromatic nitrogens is 3. The van der Waals surface area contributed by atoms with E-state index in [0.29, 0.717) is 10.9 Å². The minimum Gasteiger partial charge on any atom is -0.289 e. The predicted molar refractivity (Wildman–Crippen MR) is 83.4 cm³/mol. The van der Waals surface area contributed by atoms with Crippen LogP contribution in [-0.2, 0) is 4.79 Å². The van der Waals surface area contributed by atoms with E-state index < -0.39 is 0 Å². The highest BCUT2D eigenvalue weighted by Gasteiger charge is 2.13. The van der Waals surface area contributed by atoms with Crippen molar-refractivity contribution >= 4 is 17.7 Å². The molecule has 1 heterocycles. The number of carbonyl (C=O) groups excluding carboxylic acids is 1. The second-order valence-electron chi connectivity index (χ2n) is 4.92. The normalized spacial score (nSPS) is 10.9. The van der Waals surface area contributed by atoms with Crippen molar-refractivity contribution in [1.82, 2.24) is 25.2 Å². The van der Waals surface area contributed by atoms with E-state index in [1.54, 1.807) is 19.1 Å². The average Bonchev–Trinajstić information content (AvgIpc) is 2.78. The molecule has 1 N–H and O–H groups in total. The number of aryl methyl sites for hydroxylation is 2. The van der Waals surface area contributed by atoms with E-state index in [4.69, 9.17) is 0 Å². The molecule has 0 saturated carbocycles. The zero-order chi connectivity index (χ0) is 15.4. The fraction of sp³-hybridized carbons (Fsp3) is 0.357. The molecule has 0 aliphatic heterocycles. The van der Waals surface area contributed by atoms with Gasteiger partial charge in [-0.1, -0.05) is 29.5 Å². The summed E-state index contributed by atoms with van der Waals surface area (Å²) in [7, 11) is 3.56. The Kier molecular flexibility index (Phi) is 4.98. The number of rotatable bonds is 5. The first-order chi connectivity index (χ1) is 9.97. The summed E-state index contributed by atoms with van der Waals surface area (Å²) >= 11 is 1.37. The number of benzene rings is 1. The molecule has 0 bridgehead atoms. The number of thioether (sulfide) groups is 1. The van der Waals surface area contributed by atoms with Crippen molar-refractivity contribution in [1.29, 1.82) is 0 Å². The molecule has 0 spiro atoms. The van der Waals surface area contributed by atoms with Gasteiger partial charge in [0.05, 0.1) is 5.75 Å². The number of hydrazine groups is 1. The predicted octanol–water partition coefficient (Wildman–Crippen LogP) is 1.57. The van der Waals surface area contributed by atoms with Gasteiger partial charge in [0.15, 0.2) is 5.16 Å². The van der Waals surface area contributed by atoms with Crippen molar-refractivity contribution in [3.63, 3.8) is 0 Å². The highest BCUT2D eigenvalue weighted by molar-refractivity contribution is 7.99. The molecule has 2 rings (SSSR count). The first kappa shape index (κ1) is 15.5. The maximum absolute atomic E-state index is 11.7. The molecule has 1 aromatic heterocycles. The van der Waals surface area contributed by atoms with Crippen LogP contribution in [0.5, 0.6) is 0 Å². The number of hydrogen-bond donors (Lipinski definition) is 1. The number of nitrogens with zero attached hydrogens (tertiary/aromatic N) is 4. The van der Waals surface area contributed by atoms with Gasteiger partial charge in [-0.2, -0.15) is 0 Å². The maximum atomic E-state index is 11.7. The zero-order valence-corrected chi connectivity index (χ0v) is 13.4. The van der Waals surface area contributed by atoms with Gasteiger partial charge < -0.3 is 0 Å². The summed E-state index contributed by atoms with van der Waals surface area (Å²) in [5.74, 6) is 1.03. The smallest absolute Gasteiger partial charge is 0.244 e. The van der Waals surface area contributed by atoms with Gasteiger partial charge in [-0.05, 0) is 26.0 Å². The maximum Gasteiger partial charge on any atom is 0.244 e. The molecule has 1 amide bonds. The molecule has 0 aliphatic rings. The third kappa shape index (κ3) is 4.05. The molecular formula is C14H19N5OS. The molecule has 7 heteroatoms. The van der Waals surface area contributed by atoms with Crippen LogP contribution < -0.4 is 5.43 Å². The largest absolute Gasteiger partial charge is 0.289 e. The van der Waals surface area contributed by atoms with Crippen LogP contribution in [0.2, 0.25) is 0 Å². The average molecular weight is 305 g/mol. The van der Waals surface area contributed by atoms with E-state index in [0.717, 1.165) is 11.5 Å². The monoisotopic (exact) mass is 305 g/mol. The van der Waals surface area contributed by atoms with Crippen LogP contribution in [0.3, 0.4) is 0 Å². The van der Waals surface area contributed by atoms with Gasteiger partial charge in [0, 0.05) is 19.8 Å². The SMILES string of the molecule is Cc1ccc(-n2c(C)nnc2SCC(=O)NN(C)C)cc1. The molecule has 0 atom stereocenters. The van der Waals surface area contributed by atoms with E-state index in [-0.39, 0.29) is 5.91 Å². The number of carbonyl (C=O) groups is 1. The quantitative estimate of drug-likeness (QED) is 0.671. The highest BCUT2D eigenvalue weighted by Crippen LogP contribution is 2.21. The summed E-state index contributed by atoms with van der Waals surface area (Å²) in [5.41, 5.74) is 4.90. The van der Waals surface area contributed by atoms with Gasteiger partial charge in [-0.3, -0.25) is 14.8 Å². The first-order valence-electron chi connectivity index (χ1n) is 6.56. The minimum atomic E-state index is -0.0684. The Bertz CT molecular complexity index is 621. The van der Waals surface area contributed by atoms with Gasteiger partial charge in [-0.25, -0.2) is 5.01 Å². The van der Waals surface area contributed by atoms with Crippen molar-refractivity contribution in [2.75, 3.05) is 19.8 Å². The third-order valence-electron chi connectivity index (χ3n) is 2.77. The van der Waals surface area contributed by atoms with Crippen LogP contribution in [0, 0.1) is 13.8 Å². The zero-order valence-electron chi connectivity index (χ0n) is 12.6. The van der Waals surface area contributed by atoms with Crippen LogP contribution in [0.1, 0.15) is 11.4 Å². The molecule has 0 unspecified atom stereocenters. The Balaban J connectivity index is 2.15. The number of nitrogens with one attached hydrogen (secondary N) is 1. The highest BCUT2D eigenvalue weighted by atomic mass is 32.2. The Morgan fingerprint density at radius 2 is 1.90 bits per heavy atom. The summed E-state index contributed by atoms with van der Waals surface area (Å²) in [6.45, 7) is 3.95. The van der Waals surface area contributed by atoms with Crippen LogP contribution in [0.15, 0.2) is 29.4 Å². The van der Waals surface area contributed by atoms with E-state index in [1.807, 2.05) is 42.7 Å². The van der Waals surface area contributed by atoms with Crippen molar-refractivity contribution in [3.05, 3.63) is 35.7 Å². The van der Waals surface area contributed by atoms with E-state index >= 15 is 0 Å². The summed E-state index contributed by atoms with van der Waals surface area (Å²) < 4.78 is 1.95. The van der Waals surface area contributed by atoms with Gasteiger partial charge in [0.1, 0.15) is 5.82 Å². The molecule has 1 aromatic carbocycles. The first-order valence-corrected chi connectivity index (χ1v) is 7.54. The van der Waals surface area contributed by atoms with E-state index in [1.165, 1.54) is 17.3 Å². The van der Waals surface area contributed by atoms with E-state index in [9.17, 15) is 4.79 Å². The Labute approximate surface area is 128 Å². The van der Waals surface area contributed by atoms with Crippen molar-refractivity contribution in [3.8, 4) is 5.69 Å². The molecule has 0 fully saturated rings. The lowest BCUT2D eigenvalue weighted by atomic mass is 10.2. The topological polar surface area (TPSA) is 63.1 Å². The summed E-state index contributed by atoms with van der Waals surface area (Å²) in [5, 5.41) is 10.6. The lowest BCUT2D eigenvalue weighted by Gasteiger charge is -2.12. The molecular weight excluding hydrogens is 286 g/mol. The molecule has 0 aliphatic carbocycles. The van der Waals surface area contributed by atoms with Crippen molar-refractivity contribution in [2.45, 2.75) is 19.0 Å². The molecule has 112 valence electrons. The van der Waals surface area contributed by atoms with Crippen LogP contribution in [-0.4, -0.2) is 45.5 Å². The van der Waals surface area contributed by atoms with Crippen LogP contribution in [0.25, 0.3) is 5.69 Å². The second-order valence-corrected chi connectivity index (χ2v) is 5.86. The summed E-state index contributed by atoms with van der Waals surface area (Å²) in [4.78, 5) is 11.7. The molecule has 6 nitrogen and oxygen atoms in total. The fourth-order valence-corrected chi connectivity index (χ4v) is 2.63. The van der Waals surface area contributed by atoms with Gasteiger partial charge in [0.25, 0.3) is 0 Å². The van der Waals surface area contributed by atoms with Crippen LogP contribution in [0.4, 0.5) is 0 Å². The summed E-state index contributed by atoms with van der Waals surface area (Å²) in [6.07, 6.45) is 0. The fourth-order valence-electron chi connectivity index (χ4n) is 1.84. The van der Waals surface area contributed by atoms with Gasteiger partial charge in [0.2, 0.25) is 5.91 Å². The van der Waals surface area contributed by atoms with Gasteiger partial charge >= 0.3 is 0 Å². The second kappa shape index (κ2) is 6.73. The van der Waals surface area contributed by atoms with Gasteiger partial charge in [-0.15, -0.1) is 10.2 Å². The van der Waals surface area contributed by atoms with E-state index in [2.05, 4.69) is 15.6 Å². The molecule has 0 saturated heterocycles. The Morgan fingerprint density at radius 1 is 1.24 bits per heavy atom. The molecule has 0 radical (unpaired) electrons. The number of hydrogen-bond acceptors (Lipinski definition) is 5. The van der Waals surface area contributed by atoms with Crippen LogP contribution >= 0.6 is 11.8 Å². The minimum absolute atomic E-state index is 0.0684. The molecule has 2 aromatic rings. The summed E-state index contributed by atoms with van der Waals surface area (Å²) in [6, 6.07) is 8.13. The van der Waals surface area contributed by atoms with Crippen molar-refractivity contribution in [2.24, 2.45) is 0 Å². The number of amides is 1. The third-order valence-corrected chi connectivity index (χ3v) is 3.70. The lowest BCUT2D eigenvalue weighted by molar-refractivity contribution is -0.122.